The van der Waals surface area contributed by atoms with E-state index in [-0.39, 0.29) is 17.8 Å². The first-order chi connectivity index (χ1) is 9.08. The molecule has 6 heteroatoms. The van der Waals surface area contributed by atoms with Crippen LogP contribution in [0.3, 0.4) is 0 Å². The molecule has 0 spiro atoms. The maximum Gasteiger partial charge on any atom is 0.299 e. The summed E-state index contributed by atoms with van der Waals surface area (Å²) in [4.78, 5) is 24.9. The molecule has 19 heavy (non-hydrogen) atoms. The molecule has 0 N–H and O–H groups in total. The molecule has 2 aromatic rings. The Morgan fingerprint density at radius 2 is 2.16 bits per heavy atom. The van der Waals surface area contributed by atoms with Crippen LogP contribution in [0.4, 0.5) is 10.1 Å². The van der Waals surface area contributed by atoms with Gasteiger partial charge < -0.3 is 4.52 Å². The summed E-state index contributed by atoms with van der Waals surface area (Å²) in [5, 5.41) is 3.51. The summed E-state index contributed by atoms with van der Waals surface area (Å²) in [5.41, 5.74) is 1.33. The number of fused-ring (bicyclic) bond motifs is 1. The SMILES string of the molecule is Cc1cc(F)c2c(c1)C(=O)C(=O)N2Cc1cnoc1. The number of hydrogen-bond donors (Lipinski definition) is 0. The molecule has 96 valence electrons. The number of anilines is 1. The molecule has 5 nitrogen and oxygen atoms in total. The first-order valence-corrected chi connectivity index (χ1v) is 5.62. The minimum atomic E-state index is -0.735. The zero-order valence-electron chi connectivity index (χ0n) is 10.0. The molecule has 0 saturated carbocycles. The number of benzene rings is 1. The Hall–Kier alpha value is -2.50. The summed E-state index contributed by atoms with van der Waals surface area (Å²) in [6, 6.07) is 2.82. The fourth-order valence-corrected chi connectivity index (χ4v) is 2.16. The predicted octanol–water partition coefficient (Wildman–Crippen LogP) is 1.85. The quantitative estimate of drug-likeness (QED) is 0.773. The number of Topliss-reactive ketones (excluding diaryl/α,β-unsaturated/α-hetero) is 1. The molecule has 0 aliphatic carbocycles. The van der Waals surface area contributed by atoms with E-state index in [9.17, 15) is 14.0 Å². The van der Waals surface area contributed by atoms with Gasteiger partial charge >= 0.3 is 0 Å². The Morgan fingerprint density at radius 3 is 2.84 bits per heavy atom. The molecule has 1 aliphatic heterocycles. The average Bonchev–Trinajstić information content (AvgIpc) is 2.93. The van der Waals surface area contributed by atoms with Gasteiger partial charge in [0.1, 0.15) is 12.1 Å². The van der Waals surface area contributed by atoms with Gasteiger partial charge in [0, 0.05) is 5.56 Å². The standard InChI is InChI=1S/C13H9FN2O3/c1-7-2-9-11(10(14)3-7)16(13(18)12(9)17)5-8-4-15-19-6-8/h2-4,6H,5H2,1H3. The van der Waals surface area contributed by atoms with Crippen LogP contribution in [0.2, 0.25) is 0 Å². The number of rotatable bonds is 2. The van der Waals surface area contributed by atoms with Crippen molar-refractivity contribution < 1.29 is 18.5 Å². The second-order valence-corrected chi connectivity index (χ2v) is 4.40. The molecule has 0 atom stereocenters. The van der Waals surface area contributed by atoms with E-state index in [0.717, 1.165) is 4.90 Å². The maximum absolute atomic E-state index is 14.0. The molecule has 0 radical (unpaired) electrons. The lowest BCUT2D eigenvalue weighted by Gasteiger charge is -2.15. The van der Waals surface area contributed by atoms with E-state index in [2.05, 4.69) is 9.68 Å². The molecule has 1 amide bonds. The van der Waals surface area contributed by atoms with Crippen molar-refractivity contribution >= 4 is 17.4 Å². The van der Waals surface area contributed by atoms with E-state index >= 15 is 0 Å². The lowest BCUT2D eigenvalue weighted by Crippen LogP contribution is -2.29. The van der Waals surface area contributed by atoms with Gasteiger partial charge in [0.05, 0.1) is 24.0 Å². The monoisotopic (exact) mass is 260 g/mol. The summed E-state index contributed by atoms with van der Waals surface area (Å²) in [7, 11) is 0. The molecule has 3 rings (SSSR count). The molecule has 1 aromatic heterocycles. The van der Waals surface area contributed by atoms with Crippen molar-refractivity contribution in [1.29, 1.82) is 0 Å². The van der Waals surface area contributed by atoms with Crippen molar-refractivity contribution in [2.24, 2.45) is 0 Å². The second kappa shape index (κ2) is 4.01. The van der Waals surface area contributed by atoms with E-state index in [1.54, 1.807) is 6.92 Å². The summed E-state index contributed by atoms with van der Waals surface area (Å²) in [5.74, 6) is -2.00. The number of ketones is 1. The number of nitrogens with zero attached hydrogens (tertiary/aromatic N) is 2. The van der Waals surface area contributed by atoms with Crippen LogP contribution in [0.25, 0.3) is 0 Å². The Labute approximate surface area is 107 Å². The van der Waals surface area contributed by atoms with Crippen LogP contribution in [-0.4, -0.2) is 16.8 Å². The fourth-order valence-electron chi connectivity index (χ4n) is 2.16. The van der Waals surface area contributed by atoms with Gasteiger partial charge in [-0.15, -0.1) is 0 Å². The fraction of sp³-hybridized carbons (Fsp3) is 0.154. The van der Waals surface area contributed by atoms with Gasteiger partial charge in [0.15, 0.2) is 0 Å². The molecule has 0 saturated heterocycles. The highest BCUT2D eigenvalue weighted by Gasteiger charge is 2.38. The predicted molar refractivity (Wildman–Crippen MR) is 63.2 cm³/mol. The van der Waals surface area contributed by atoms with E-state index < -0.39 is 17.5 Å². The number of aryl methyl sites for hydroxylation is 1. The smallest absolute Gasteiger partial charge is 0.299 e. The number of aromatic nitrogens is 1. The largest absolute Gasteiger partial charge is 0.364 e. The van der Waals surface area contributed by atoms with E-state index in [0.29, 0.717) is 11.1 Å². The molecular formula is C13H9FN2O3. The summed E-state index contributed by atoms with van der Waals surface area (Å²) in [6.07, 6.45) is 2.77. The molecule has 0 fully saturated rings. The van der Waals surface area contributed by atoms with Gasteiger partial charge in [-0.1, -0.05) is 5.16 Å². The zero-order chi connectivity index (χ0) is 13.6. The van der Waals surface area contributed by atoms with Crippen molar-refractivity contribution in [2.45, 2.75) is 13.5 Å². The first-order valence-electron chi connectivity index (χ1n) is 5.62. The number of carbonyl (C=O) groups is 2. The minimum absolute atomic E-state index is 0.0294. The van der Waals surface area contributed by atoms with Gasteiger partial charge in [-0.05, 0) is 24.6 Å². The number of amides is 1. The van der Waals surface area contributed by atoms with Crippen molar-refractivity contribution in [3.8, 4) is 0 Å². The van der Waals surface area contributed by atoms with Crippen LogP contribution in [0.5, 0.6) is 0 Å². The zero-order valence-corrected chi connectivity index (χ0v) is 10.0. The maximum atomic E-state index is 14.0. The van der Waals surface area contributed by atoms with Gasteiger partial charge in [0.2, 0.25) is 0 Å². The summed E-state index contributed by atoms with van der Waals surface area (Å²) >= 11 is 0. The number of carbonyl (C=O) groups excluding carboxylic acids is 2. The molecule has 2 heterocycles. The second-order valence-electron chi connectivity index (χ2n) is 4.40. The van der Waals surface area contributed by atoms with Crippen molar-refractivity contribution in [2.75, 3.05) is 4.90 Å². The Kier molecular flexibility index (Phi) is 2.45. The van der Waals surface area contributed by atoms with E-state index in [1.165, 1.54) is 24.6 Å². The Morgan fingerprint density at radius 1 is 1.37 bits per heavy atom. The highest BCUT2D eigenvalue weighted by Crippen LogP contribution is 2.33. The third-order valence-electron chi connectivity index (χ3n) is 2.99. The normalized spacial score (nSPS) is 14.1. The van der Waals surface area contributed by atoms with Gasteiger partial charge in [-0.3, -0.25) is 14.5 Å². The Balaban J connectivity index is 2.09. The number of halogens is 1. The lowest BCUT2D eigenvalue weighted by atomic mass is 10.1. The number of hydrogen-bond acceptors (Lipinski definition) is 4. The van der Waals surface area contributed by atoms with Crippen LogP contribution >= 0.6 is 0 Å². The Bertz CT molecular complexity index is 679. The van der Waals surface area contributed by atoms with Crippen LogP contribution in [0.1, 0.15) is 21.5 Å². The van der Waals surface area contributed by atoms with Gasteiger partial charge in [0.25, 0.3) is 11.7 Å². The molecule has 1 aromatic carbocycles. The summed E-state index contributed by atoms with van der Waals surface area (Å²) < 4.78 is 18.6. The molecule has 0 unspecified atom stereocenters. The third-order valence-corrected chi connectivity index (χ3v) is 2.99. The van der Waals surface area contributed by atoms with Crippen LogP contribution < -0.4 is 4.90 Å². The third kappa shape index (κ3) is 1.72. The van der Waals surface area contributed by atoms with Crippen molar-refractivity contribution in [1.82, 2.24) is 5.16 Å². The van der Waals surface area contributed by atoms with Crippen LogP contribution in [0.15, 0.2) is 29.1 Å². The summed E-state index contributed by atoms with van der Waals surface area (Å²) in [6.45, 7) is 1.73. The average molecular weight is 260 g/mol. The molecule has 0 bridgehead atoms. The first kappa shape index (κ1) is 11.6. The van der Waals surface area contributed by atoms with E-state index in [1.807, 2.05) is 0 Å². The molecular weight excluding hydrogens is 251 g/mol. The lowest BCUT2D eigenvalue weighted by molar-refractivity contribution is -0.114. The minimum Gasteiger partial charge on any atom is -0.364 e. The highest BCUT2D eigenvalue weighted by molar-refractivity contribution is 6.52. The van der Waals surface area contributed by atoms with Gasteiger partial charge in [-0.25, -0.2) is 4.39 Å². The van der Waals surface area contributed by atoms with Crippen LogP contribution in [0, 0.1) is 12.7 Å². The van der Waals surface area contributed by atoms with E-state index in [4.69, 9.17) is 0 Å². The van der Waals surface area contributed by atoms with Crippen LogP contribution in [-0.2, 0) is 11.3 Å². The van der Waals surface area contributed by atoms with Gasteiger partial charge in [-0.2, -0.15) is 0 Å². The van der Waals surface area contributed by atoms with Crippen molar-refractivity contribution in [3.05, 3.63) is 47.1 Å². The topological polar surface area (TPSA) is 63.4 Å². The highest BCUT2D eigenvalue weighted by atomic mass is 19.1. The molecule has 1 aliphatic rings. The van der Waals surface area contributed by atoms with Crippen molar-refractivity contribution in [3.63, 3.8) is 0 Å².